The van der Waals surface area contributed by atoms with Crippen molar-refractivity contribution in [3.8, 4) is 16.8 Å². The zero-order valence-corrected chi connectivity index (χ0v) is 28.0. The summed E-state index contributed by atoms with van der Waals surface area (Å²) >= 11 is 0. The van der Waals surface area contributed by atoms with Gasteiger partial charge in [0.15, 0.2) is 0 Å². The second-order valence-electron chi connectivity index (χ2n) is 14.3. The second kappa shape index (κ2) is 10.3. The number of para-hydroxylation sites is 3. The summed E-state index contributed by atoms with van der Waals surface area (Å²) in [5.74, 6) is 0.460. The van der Waals surface area contributed by atoms with Crippen LogP contribution in [0, 0.1) is 5.92 Å². The molecule has 0 radical (unpaired) electrons. The first-order valence-electron chi connectivity index (χ1n) is 18.0. The largest absolute Gasteiger partial charge is 0.309 e. The minimum absolute atomic E-state index is 0.195. The molecule has 2 heterocycles. The van der Waals surface area contributed by atoms with Crippen molar-refractivity contribution >= 4 is 38.2 Å². The Morgan fingerprint density at radius 3 is 2.20 bits per heavy atom. The number of benzene rings is 7. The van der Waals surface area contributed by atoms with E-state index in [1.807, 2.05) is 0 Å². The zero-order chi connectivity index (χ0) is 33.0. The number of fused-ring (bicyclic) bond motifs is 13. The summed E-state index contributed by atoms with van der Waals surface area (Å²) in [6.07, 6.45) is 8.61. The van der Waals surface area contributed by atoms with Gasteiger partial charge in [0.1, 0.15) is 0 Å². The summed E-state index contributed by atoms with van der Waals surface area (Å²) in [6.45, 7) is 2.23. The highest BCUT2D eigenvalue weighted by molar-refractivity contribution is 6.12. The lowest BCUT2D eigenvalue weighted by Crippen LogP contribution is -2.38. The highest BCUT2D eigenvalue weighted by Crippen LogP contribution is 2.64. The molecule has 0 amide bonds. The maximum Gasteiger partial charge on any atom is 0.0585 e. The van der Waals surface area contributed by atoms with Crippen molar-refractivity contribution in [2.75, 3.05) is 0 Å². The lowest BCUT2D eigenvalue weighted by molar-refractivity contribution is 0.455. The van der Waals surface area contributed by atoms with E-state index in [9.17, 15) is 0 Å². The van der Waals surface area contributed by atoms with Gasteiger partial charge in [0.05, 0.1) is 22.1 Å². The maximum atomic E-state index is 2.65. The van der Waals surface area contributed by atoms with Crippen molar-refractivity contribution in [1.82, 2.24) is 4.57 Å². The molecular formula is C49H35N. The van der Waals surface area contributed by atoms with Crippen molar-refractivity contribution in [2.45, 2.75) is 24.7 Å². The molecule has 0 saturated heterocycles. The standard InChI is InChI=1S/C49H35N/c1-2-31-22-24-33(25-23-31)47-35-13-4-3-12-32(35)26-28-36(47)34-27-29-38-37-14-5-7-17-41(37)49(44(38)30-34)42-18-8-10-21-46(42)50-45-20-9-6-15-39(45)40-16-11-19-43(49)48(40)50/h3-30,38,44H,2H2,1H3. The number of aromatic nitrogens is 1. The van der Waals surface area contributed by atoms with E-state index in [0.717, 1.165) is 6.42 Å². The van der Waals surface area contributed by atoms with E-state index >= 15 is 0 Å². The topological polar surface area (TPSA) is 4.93 Å². The smallest absolute Gasteiger partial charge is 0.0585 e. The Morgan fingerprint density at radius 1 is 0.600 bits per heavy atom. The lowest BCUT2D eigenvalue weighted by Gasteiger charge is -2.43. The van der Waals surface area contributed by atoms with Crippen molar-refractivity contribution in [3.63, 3.8) is 0 Å². The van der Waals surface area contributed by atoms with Crippen LogP contribution in [-0.4, -0.2) is 4.57 Å². The molecule has 0 bridgehead atoms. The van der Waals surface area contributed by atoms with Gasteiger partial charge >= 0.3 is 0 Å². The molecule has 1 nitrogen and oxygen atoms in total. The van der Waals surface area contributed by atoms with Crippen LogP contribution in [0.5, 0.6) is 0 Å². The Labute approximate surface area is 292 Å². The van der Waals surface area contributed by atoms with Crippen LogP contribution < -0.4 is 0 Å². The highest BCUT2D eigenvalue weighted by atomic mass is 15.0. The number of allylic oxidation sites excluding steroid dienone is 4. The predicted molar refractivity (Wildman–Crippen MR) is 209 cm³/mol. The van der Waals surface area contributed by atoms with Gasteiger partial charge in [0.2, 0.25) is 0 Å². The van der Waals surface area contributed by atoms with E-state index in [1.54, 1.807) is 0 Å². The molecule has 8 aromatic rings. The molecular weight excluding hydrogens is 603 g/mol. The molecule has 7 aromatic carbocycles. The van der Waals surface area contributed by atoms with Crippen molar-refractivity contribution < 1.29 is 0 Å². The average molecular weight is 638 g/mol. The molecule has 236 valence electrons. The van der Waals surface area contributed by atoms with Crippen LogP contribution in [0.1, 0.15) is 46.2 Å². The van der Waals surface area contributed by atoms with Crippen LogP contribution >= 0.6 is 0 Å². The molecule has 1 spiro atoms. The summed E-state index contributed by atoms with van der Waals surface area (Å²) in [5, 5.41) is 5.21. The quantitative estimate of drug-likeness (QED) is 0.182. The normalized spacial score (nSPS) is 19.9. The van der Waals surface area contributed by atoms with Crippen LogP contribution in [0.3, 0.4) is 0 Å². The van der Waals surface area contributed by atoms with Crippen molar-refractivity contribution in [2.24, 2.45) is 5.92 Å². The molecule has 3 unspecified atom stereocenters. The fourth-order valence-electron chi connectivity index (χ4n) is 9.99. The van der Waals surface area contributed by atoms with Gasteiger partial charge < -0.3 is 4.57 Å². The number of nitrogens with zero attached hydrogens (tertiary/aromatic N) is 1. The van der Waals surface area contributed by atoms with Gasteiger partial charge in [0.25, 0.3) is 0 Å². The number of aryl methyl sites for hydroxylation is 1. The Bertz CT molecular complexity index is 2750. The zero-order valence-electron chi connectivity index (χ0n) is 28.0. The highest BCUT2D eigenvalue weighted by Gasteiger charge is 2.56. The van der Waals surface area contributed by atoms with Gasteiger partial charge in [-0.1, -0.05) is 165 Å². The van der Waals surface area contributed by atoms with E-state index in [1.165, 1.54) is 88.3 Å². The SMILES string of the molecule is CCc1ccc(-c2c(C3=CC4C(C=C3)c3ccccc3C43c4ccccc4-n4c5ccccc5c5cccc3c54)ccc3ccccc23)cc1. The third kappa shape index (κ3) is 3.52. The molecule has 1 aromatic heterocycles. The molecule has 0 N–H and O–H groups in total. The number of hydrogen-bond acceptors (Lipinski definition) is 0. The molecule has 11 rings (SSSR count). The first-order valence-corrected chi connectivity index (χ1v) is 18.0. The maximum absolute atomic E-state index is 2.65. The minimum atomic E-state index is -0.350. The molecule has 3 atom stereocenters. The van der Waals surface area contributed by atoms with Crippen LogP contribution in [0.25, 0.3) is 55.0 Å². The van der Waals surface area contributed by atoms with Gasteiger partial charge in [-0.15, -0.1) is 0 Å². The van der Waals surface area contributed by atoms with E-state index in [4.69, 9.17) is 0 Å². The van der Waals surface area contributed by atoms with Crippen LogP contribution in [0.2, 0.25) is 0 Å². The van der Waals surface area contributed by atoms with Gasteiger partial charge in [0, 0.05) is 22.6 Å². The van der Waals surface area contributed by atoms with Crippen LogP contribution in [0.4, 0.5) is 0 Å². The second-order valence-corrected chi connectivity index (χ2v) is 14.3. The predicted octanol–water partition coefficient (Wildman–Crippen LogP) is 12.2. The Hall–Kier alpha value is -5.92. The molecule has 1 aliphatic heterocycles. The fraction of sp³-hybridized carbons (Fsp3) is 0.102. The monoisotopic (exact) mass is 637 g/mol. The molecule has 3 aliphatic rings. The van der Waals surface area contributed by atoms with Gasteiger partial charge in [-0.25, -0.2) is 0 Å². The van der Waals surface area contributed by atoms with Crippen molar-refractivity contribution in [1.29, 1.82) is 0 Å². The first kappa shape index (κ1) is 28.0. The Kier molecular flexibility index (Phi) is 5.76. The average Bonchev–Trinajstić information content (AvgIpc) is 3.68. The summed E-state index contributed by atoms with van der Waals surface area (Å²) in [4.78, 5) is 0. The molecule has 2 aliphatic carbocycles. The molecule has 0 saturated carbocycles. The third-order valence-corrected chi connectivity index (χ3v) is 12.1. The van der Waals surface area contributed by atoms with Crippen LogP contribution in [0.15, 0.2) is 170 Å². The Morgan fingerprint density at radius 2 is 1.32 bits per heavy atom. The van der Waals surface area contributed by atoms with Gasteiger partial charge in [-0.05, 0) is 79.4 Å². The fourth-order valence-corrected chi connectivity index (χ4v) is 9.99. The van der Waals surface area contributed by atoms with E-state index in [2.05, 4.69) is 181 Å². The molecule has 50 heavy (non-hydrogen) atoms. The van der Waals surface area contributed by atoms with E-state index in [0.29, 0.717) is 0 Å². The molecule has 0 fully saturated rings. The van der Waals surface area contributed by atoms with E-state index in [-0.39, 0.29) is 17.3 Å². The third-order valence-electron chi connectivity index (χ3n) is 12.1. The minimum Gasteiger partial charge on any atom is -0.309 e. The summed E-state index contributed by atoms with van der Waals surface area (Å²) in [7, 11) is 0. The summed E-state index contributed by atoms with van der Waals surface area (Å²) in [6, 6.07) is 57.3. The first-order chi connectivity index (χ1) is 24.8. The number of rotatable bonds is 3. The lowest BCUT2D eigenvalue weighted by atomic mass is 9.60. The van der Waals surface area contributed by atoms with Gasteiger partial charge in [-0.2, -0.15) is 0 Å². The van der Waals surface area contributed by atoms with Gasteiger partial charge in [-0.3, -0.25) is 0 Å². The van der Waals surface area contributed by atoms with Crippen LogP contribution in [-0.2, 0) is 11.8 Å². The van der Waals surface area contributed by atoms with Crippen molar-refractivity contribution in [3.05, 3.63) is 203 Å². The van der Waals surface area contributed by atoms with E-state index < -0.39 is 0 Å². The summed E-state index contributed by atoms with van der Waals surface area (Å²) in [5.41, 5.74) is 15.8. The molecule has 1 heteroatoms. The Balaban J connectivity index is 1.23. The number of hydrogen-bond donors (Lipinski definition) is 0. The summed E-state index contributed by atoms with van der Waals surface area (Å²) < 4.78 is 2.54.